The lowest BCUT2D eigenvalue weighted by atomic mass is 10.1. The van der Waals surface area contributed by atoms with Gasteiger partial charge in [-0.3, -0.25) is 9.59 Å². The van der Waals surface area contributed by atoms with Crippen molar-refractivity contribution in [1.82, 2.24) is 25.1 Å². The lowest BCUT2D eigenvalue weighted by Crippen LogP contribution is -2.49. The van der Waals surface area contributed by atoms with Crippen molar-refractivity contribution >= 4 is 17.7 Å². The molecule has 1 aromatic carbocycles. The largest absolute Gasteiger partial charge is 0.488 e. The highest BCUT2D eigenvalue weighted by atomic mass is 19.4. The van der Waals surface area contributed by atoms with E-state index in [1.807, 2.05) is 5.10 Å². The number of carbonyl (C=O) groups is 1. The Morgan fingerprint density at radius 1 is 1.00 bits per heavy atom. The second kappa shape index (κ2) is 12.3. The molecule has 0 radical (unpaired) electrons. The number of hydrogen-bond acceptors (Lipinski definition) is 8. The lowest BCUT2D eigenvalue weighted by molar-refractivity contribution is -0.139. The quantitative estimate of drug-likeness (QED) is 0.393. The molecule has 0 bridgehead atoms. The second-order valence-corrected chi connectivity index (χ2v) is 10.4. The number of aromatic nitrogens is 4. The Morgan fingerprint density at radius 2 is 1.70 bits per heavy atom. The first-order valence-corrected chi connectivity index (χ1v) is 13.6. The molecule has 2 fully saturated rings. The van der Waals surface area contributed by atoms with Crippen LogP contribution >= 0.6 is 0 Å². The van der Waals surface area contributed by atoms with Crippen LogP contribution in [0.25, 0.3) is 0 Å². The predicted molar refractivity (Wildman–Crippen MR) is 141 cm³/mol. The Kier molecular flexibility index (Phi) is 8.65. The van der Waals surface area contributed by atoms with Crippen molar-refractivity contribution in [2.75, 3.05) is 42.5 Å². The SMILES string of the molecule is O=C(CC[C@@H]1C[C@H](Oc2cccc(F)c2)CN1c1cc(C(F)(F)F)c(=O)[nH]n1)N1CCN(c2ncc(C(F)(F)F)cn2)CC1. The molecule has 2 aliphatic heterocycles. The van der Waals surface area contributed by atoms with Gasteiger partial charge in [-0.25, -0.2) is 19.5 Å². The molecule has 17 heteroatoms. The molecule has 10 nitrogen and oxygen atoms in total. The third-order valence-electron chi connectivity index (χ3n) is 7.44. The molecule has 1 N–H and O–H groups in total. The van der Waals surface area contributed by atoms with Crippen molar-refractivity contribution in [2.24, 2.45) is 0 Å². The van der Waals surface area contributed by atoms with Gasteiger partial charge in [0.2, 0.25) is 11.9 Å². The van der Waals surface area contributed by atoms with E-state index in [2.05, 4.69) is 15.1 Å². The zero-order valence-corrected chi connectivity index (χ0v) is 22.9. The maximum absolute atomic E-state index is 13.7. The van der Waals surface area contributed by atoms with Crippen LogP contribution < -0.4 is 20.1 Å². The smallest absolute Gasteiger partial charge is 0.421 e. The van der Waals surface area contributed by atoms with Gasteiger partial charge >= 0.3 is 12.4 Å². The fourth-order valence-corrected chi connectivity index (χ4v) is 5.23. The van der Waals surface area contributed by atoms with Crippen molar-refractivity contribution in [2.45, 2.75) is 43.8 Å². The topological polar surface area (TPSA) is 108 Å². The van der Waals surface area contributed by atoms with Gasteiger partial charge in [0.15, 0.2) is 0 Å². The standard InChI is InChI=1S/C27H26F7N7O3/c28-17-2-1-3-19(10-17)44-20-11-18(41(15-20)22-12-21(27(32,33)34)24(43)38-37-22)4-5-23(42)39-6-8-40(9-7-39)25-35-13-16(14-36-25)26(29,30)31/h1-3,10,12-14,18,20H,4-9,11,15H2,(H,38,43)/t18-,20+/m1/s1. The van der Waals surface area contributed by atoms with Crippen LogP contribution in [0.5, 0.6) is 5.75 Å². The first kappa shape index (κ1) is 31.0. The number of carbonyl (C=O) groups excluding carboxylic acids is 1. The average Bonchev–Trinajstić information content (AvgIpc) is 3.37. The summed E-state index contributed by atoms with van der Waals surface area (Å²) in [6, 6.07) is 5.56. The van der Waals surface area contributed by atoms with Gasteiger partial charge < -0.3 is 19.4 Å². The van der Waals surface area contributed by atoms with Crippen LogP contribution in [-0.2, 0) is 17.1 Å². The maximum atomic E-state index is 13.7. The number of H-pyrrole nitrogens is 1. The fourth-order valence-electron chi connectivity index (χ4n) is 5.23. The van der Waals surface area contributed by atoms with Crippen LogP contribution in [0.4, 0.5) is 42.5 Å². The minimum absolute atomic E-state index is 0.0279. The summed E-state index contributed by atoms with van der Waals surface area (Å²) < 4.78 is 98.3. The Labute approximate surface area is 245 Å². The maximum Gasteiger partial charge on any atom is 0.421 e. The number of anilines is 2. The number of amides is 1. The molecule has 3 aromatic rings. The third-order valence-corrected chi connectivity index (χ3v) is 7.44. The van der Waals surface area contributed by atoms with E-state index in [-0.39, 0.29) is 75.4 Å². The number of hydrogen-bond donors (Lipinski definition) is 1. The van der Waals surface area contributed by atoms with Gasteiger partial charge in [0.05, 0.1) is 12.1 Å². The van der Waals surface area contributed by atoms with Gasteiger partial charge in [0.1, 0.15) is 29.1 Å². The van der Waals surface area contributed by atoms with Gasteiger partial charge in [0, 0.05) is 69.6 Å². The highest BCUT2D eigenvalue weighted by Crippen LogP contribution is 2.33. The number of piperazine rings is 1. The summed E-state index contributed by atoms with van der Waals surface area (Å²) in [5.41, 5.74) is -3.77. The molecule has 0 spiro atoms. The van der Waals surface area contributed by atoms with Crippen molar-refractivity contribution in [3.05, 3.63) is 70.0 Å². The van der Waals surface area contributed by atoms with E-state index in [1.165, 1.54) is 23.1 Å². The predicted octanol–water partition coefficient (Wildman–Crippen LogP) is 3.89. The highest BCUT2D eigenvalue weighted by molar-refractivity contribution is 5.76. The summed E-state index contributed by atoms with van der Waals surface area (Å²) in [6.45, 7) is 1.17. The average molecular weight is 630 g/mol. The van der Waals surface area contributed by atoms with E-state index < -0.39 is 47.0 Å². The van der Waals surface area contributed by atoms with E-state index >= 15 is 0 Å². The molecule has 4 heterocycles. The minimum Gasteiger partial charge on any atom is -0.488 e. The van der Waals surface area contributed by atoms with Crippen molar-refractivity contribution in [3.8, 4) is 5.75 Å². The van der Waals surface area contributed by atoms with Crippen LogP contribution in [0.15, 0.2) is 47.5 Å². The summed E-state index contributed by atoms with van der Waals surface area (Å²) in [7, 11) is 0. The van der Waals surface area contributed by atoms with E-state index in [4.69, 9.17) is 4.74 Å². The summed E-state index contributed by atoms with van der Waals surface area (Å²) in [5, 5.41) is 5.70. The number of ether oxygens (including phenoxy) is 1. The van der Waals surface area contributed by atoms with Crippen LogP contribution in [0.3, 0.4) is 0 Å². The minimum atomic E-state index is -4.92. The third kappa shape index (κ3) is 7.19. The molecular formula is C27H26F7N7O3. The molecule has 2 atom stereocenters. The molecule has 2 aromatic heterocycles. The van der Waals surface area contributed by atoms with E-state index in [1.54, 1.807) is 15.9 Å². The monoisotopic (exact) mass is 629 g/mol. The van der Waals surface area contributed by atoms with Crippen molar-refractivity contribution in [1.29, 1.82) is 0 Å². The van der Waals surface area contributed by atoms with E-state index in [0.717, 1.165) is 0 Å². The van der Waals surface area contributed by atoms with Crippen molar-refractivity contribution < 1.29 is 40.3 Å². The first-order valence-electron chi connectivity index (χ1n) is 13.6. The van der Waals surface area contributed by atoms with E-state index in [0.29, 0.717) is 18.5 Å². The van der Waals surface area contributed by atoms with Crippen LogP contribution in [0.2, 0.25) is 0 Å². The zero-order valence-electron chi connectivity index (χ0n) is 22.9. The van der Waals surface area contributed by atoms with Gasteiger partial charge in [-0.15, -0.1) is 0 Å². The van der Waals surface area contributed by atoms with Gasteiger partial charge in [-0.1, -0.05) is 6.07 Å². The Morgan fingerprint density at radius 3 is 2.34 bits per heavy atom. The number of alkyl halides is 6. The first-order chi connectivity index (χ1) is 20.8. The van der Waals surface area contributed by atoms with Crippen LogP contribution in [0.1, 0.15) is 30.4 Å². The van der Waals surface area contributed by atoms with E-state index in [9.17, 15) is 40.3 Å². The Bertz CT molecular complexity index is 1520. The molecule has 0 unspecified atom stereocenters. The number of nitrogens with one attached hydrogen (secondary N) is 1. The van der Waals surface area contributed by atoms with Crippen molar-refractivity contribution in [3.63, 3.8) is 0 Å². The molecule has 2 aliphatic rings. The second-order valence-electron chi connectivity index (χ2n) is 10.4. The summed E-state index contributed by atoms with van der Waals surface area (Å²) in [4.78, 5) is 37.2. The fraction of sp³-hybridized carbons (Fsp3) is 0.444. The lowest BCUT2D eigenvalue weighted by Gasteiger charge is -2.35. The summed E-state index contributed by atoms with van der Waals surface area (Å²) in [5.74, 6) is -0.557. The molecule has 2 saturated heterocycles. The van der Waals surface area contributed by atoms with Gasteiger partial charge in [-0.2, -0.15) is 31.4 Å². The molecule has 0 aliphatic carbocycles. The molecule has 0 saturated carbocycles. The summed E-state index contributed by atoms with van der Waals surface area (Å²) in [6.07, 6.45) is -8.12. The van der Waals surface area contributed by atoms with Crippen LogP contribution in [-0.4, -0.2) is 75.8 Å². The number of benzene rings is 1. The van der Waals surface area contributed by atoms with Crippen LogP contribution in [0, 0.1) is 5.82 Å². The number of rotatable bonds is 7. The molecule has 236 valence electrons. The van der Waals surface area contributed by atoms with Gasteiger partial charge in [-0.05, 0) is 18.6 Å². The number of aromatic amines is 1. The highest BCUT2D eigenvalue weighted by Gasteiger charge is 2.39. The number of halogens is 7. The summed E-state index contributed by atoms with van der Waals surface area (Å²) >= 11 is 0. The zero-order chi connectivity index (χ0) is 31.6. The molecular weight excluding hydrogens is 603 g/mol. The normalized spacial score (nSPS) is 19.4. The molecule has 1 amide bonds. The Balaban J connectivity index is 1.24. The Hall–Kier alpha value is -4.44. The molecule has 44 heavy (non-hydrogen) atoms. The number of nitrogens with zero attached hydrogens (tertiary/aromatic N) is 6. The van der Waals surface area contributed by atoms with Gasteiger partial charge in [0.25, 0.3) is 5.56 Å². The molecule has 5 rings (SSSR count).